The van der Waals surface area contributed by atoms with Crippen LogP contribution in [0.25, 0.3) is 5.82 Å². The van der Waals surface area contributed by atoms with Gasteiger partial charge in [0.2, 0.25) is 11.6 Å². The molecule has 1 aliphatic heterocycles. The number of nitrogens with zero attached hydrogens (tertiary/aromatic N) is 7. The zero-order valence-electron chi connectivity index (χ0n) is 17.9. The number of carbonyl (C=O) groups excluding carboxylic acids is 1. The lowest BCUT2D eigenvalue weighted by Gasteiger charge is -2.33. The molecule has 1 fully saturated rings. The van der Waals surface area contributed by atoms with Gasteiger partial charge in [-0.1, -0.05) is 35.9 Å². The summed E-state index contributed by atoms with van der Waals surface area (Å²) >= 11 is 0. The number of hydrazone groups is 1. The first-order valence-electron chi connectivity index (χ1n) is 10.8. The minimum atomic E-state index is -0.428. The molecule has 1 atom stereocenters. The molecule has 2 aromatic heterocycles. The van der Waals surface area contributed by atoms with Crippen molar-refractivity contribution in [2.24, 2.45) is 5.10 Å². The highest BCUT2D eigenvalue weighted by atomic mass is 16.6. The van der Waals surface area contributed by atoms with Crippen molar-refractivity contribution >= 4 is 17.4 Å². The number of hydrogen-bond acceptors (Lipinski definition) is 9. The number of amides is 1. The third-order valence-electron chi connectivity index (χ3n) is 6.22. The topological polar surface area (TPSA) is 140 Å². The highest BCUT2D eigenvalue weighted by molar-refractivity contribution is 6.05. The third kappa shape index (κ3) is 3.75. The van der Waals surface area contributed by atoms with Gasteiger partial charge in [0.25, 0.3) is 5.91 Å². The molecule has 1 unspecified atom stereocenters. The van der Waals surface area contributed by atoms with Crippen molar-refractivity contribution < 1.29 is 9.42 Å². The average Bonchev–Trinajstić information content (AvgIpc) is 3.52. The molecule has 0 saturated carbocycles. The summed E-state index contributed by atoms with van der Waals surface area (Å²) in [5.74, 6) is -0.132. The second-order valence-corrected chi connectivity index (χ2v) is 8.24. The van der Waals surface area contributed by atoms with Gasteiger partial charge in [-0.05, 0) is 55.0 Å². The molecule has 1 aliphatic carbocycles. The number of likely N-dealkylation sites (tertiary alicyclic amines) is 1. The van der Waals surface area contributed by atoms with Crippen LogP contribution < -0.4 is 11.2 Å². The Morgan fingerprint density at radius 3 is 2.97 bits per heavy atom. The fraction of sp³-hybridized carbons (Fsp3) is 0.429. The smallest absolute Gasteiger partial charge is 0.293 e. The van der Waals surface area contributed by atoms with Crippen molar-refractivity contribution in [1.29, 1.82) is 0 Å². The molecule has 32 heavy (non-hydrogen) atoms. The first kappa shape index (κ1) is 20.3. The normalized spacial score (nSPS) is 19.9. The number of aryl methyl sites for hydroxylation is 1. The minimum Gasteiger partial charge on any atom is -0.378 e. The van der Waals surface area contributed by atoms with Crippen molar-refractivity contribution in [2.45, 2.75) is 51.6 Å². The number of nitrogens with two attached hydrogens (primary N) is 1. The standard InChI is InChI=1S/C21H25N9O2/c1-13-6-4-5-11-29(13)12-17-18(24-28-30(17)20-19(22)26-32-27-20)21(31)25-23-16-10-9-14-7-2-3-8-15(14)16/h2-3,7-8,13H,4-6,9-12H2,1H3,(H2,22,26)(H,25,31)/b23-16-. The van der Waals surface area contributed by atoms with E-state index in [2.05, 4.69) is 49.0 Å². The summed E-state index contributed by atoms with van der Waals surface area (Å²) in [6, 6.07) is 8.47. The van der Waals surface area contributed by atoms with Gasteiger partial charge in [-0.25, -0.2) is 10.1 Å². The Bertz CT molecular complexity index is 1170. The van der Waals surface area contributed by atoms with Crippen LogP contribution in [-0.2, 0) is 13.0 Å². The maximum Gasteiger partial charge on any atom is 0.293 e. The van der Waals surface area contributed by atoms with E-state index in [9.17, 15) is 4.79 Å². The molecule has 0 bridgehead atoms. The summed E-state index contributed by atoms with van der Waals surface area (Å²) in [5.41, 5.74) is 12.5. The fourth-order valence-electron chi connectivity index (χ4n) is 4.41. The minimum absolute atomic E-state index is 0.0811. The summed E-state index contributed by atoms with van der Waals surface area (Å²) in [6.45, 7) is 3.59. The molecular formula is C21H25N9O2. The van der Waals surface area contributed by atoms with Gasteiger partial charge in [0, 0.05) is 18.2 Å². The largest absolute Gasteiger partial charge is 0.378 e. The van der Waals surface area contributed by atoms with Crippen molar-refractivity contribution in [3.63, 3.8) is 0 Å². The van der Waals surface area contributed by atoms with E-state index in [0.29, 0.717) is 18.3 Å². The number of carbonyl (C=O) groups is 1. The predicted octanol–water partition coefficient (Wildman–Crippen LogP) is 1.69. The molecule has 1 amide bonds. The number of piperidine rings is 1. The Balaban J connectivity index is 1.44. The van der Waals surface area contributed by atoms with Gasteiger partial charge in [0.05, 0.1) is 11.4 Å². The van der Waals surface area contributed by atoms with E-state index in [1.807, 2.05) is 18.2 Å². The Kier molecular flexibility index (Phi) is 5.39. The van der Waals surface area contributed by atoms with E-state index in [1.165, 1.54) is 16.7 Å². The molecule has 11 nitrogen and oxygen atoms in total. The van der Waals surface area contributed by atoms with E-state index < -0.39 is 5.91 Å². The maximum atomic E-state index is 13.1. The fourth-order valence-corrected chi connectivity index (χ4v) is 4.41. The maximum absolute atomic E-state index is 13.1. The second-order valence-electron chi connectivity index (χ2n) is 8.24. The van der Waals surface area contributed by atoms with Crippen LogP contribution in [0, 0.1) is 0 Å². The molecule has 166 valence electrons. The van der Waals surface area contributed by atoms with E-state index in [0.717, 1.165) is 43.5 Å². The first-order chi connectivity index (χ1) is 15.6. The molecule has 5 rings (SSSR count). The van der Waals surface area contributed by atoms with E-state index in [-0.39, 0.29) is 17.3 Å². The molecule has 1 saturated heterocycles. The van der Waals surface area contributed by atoms with Gasteiger partial charge in [0.15, 0.2) is 5.69 Å². The van der Waals surface area contributed by atoms with Gasteiger partial charge in [-0.3, -0.25) is 9.69 Å². The Morgan fingerprint density at radius 1 is 1.28 bits per heavy atom. The van der Waals surface area contributed by atoms with Gasteiger partial charge in [-0.2, -0.15) is 9.78 Å². The zero-order chi connectivity index (χ0) is 22.1. The third-order valence-corrected chi connectivity index (χ3v) is 6.22. The van der Waals surface area contributed by atoms with E-state index >= 15 is 0 Å². The number of aromatic nitrogens is 5. The number of nitrogen functional groups attached to an aromatic ring is 1. The number of rotatable bonds is 5. The molecule has 3 heterocycles. The van der Waals surface area contributed by atoms with Crippen LogP contribution in [0.5, 0.6) is 0 Å². The Morgan fingerprint density at radius 2 is 2.16 bits per heavy atom. The monoisotopic (exact) mass is 435 g/mol. The summed E-state index contributed by atoms with van der Waals surface area (Å²) in [4.78, 5) is 15.4. The molecular weight excluding hydrogens is 410 g/mol. The first-order valence-corrected chi connectivity index (χ1v) is 10.8. The molecule has 3 N–H and O–H groups in total. The predicted molar refractivity (Wildman–Crippen MR) is 116 cm³/mol. The average molecular weight is 435 g/mol. The Labute approximate surface area is 184 Å². The van der Waals surface area contributed by atoms with Crippen molar-refractivity contribution in [3.8, 4) is 5.82 Å². The van der Waals surface area contributed by atoms with Crippen molar-refractivity contribution in [3.05, 3.63) is 46.8 Å². The van der Waals surface area contributed by atoms with Crippen molar-refractivity contribution in [1.82, 2.24) is 35.6 Å². The number of hydrogen-bond donors (Lipinski definition) is 2. The molecule has 0 radical (unpaired) electrons. The van der Waals surface area contributed by atoms with Crippen LogP contribution >= 0.6 is 0 Å². The molecule has 0 spiro atoms. The van der Waals surface area contributed by atoms with Crippen LogP contribution in [0.3, 0.4) is 0 Å². The highest BCUT2D eigenvalue weighted by Crippen LogP contribution is 2.24. The van der Waals surface area contributed by atoms with Gasteiger partial charge in [0.1, 0.15) is 0 Å². The summed E-state index contributed by atoms with van der Waals surface area (Å²) < 4.78 is 6.16. The molecule has 1 aromatic carbocycles. The van der Waals surface area contributed by atoms with Crippen molar-refractivity contribution in [2.75, 3.05) is 12.3 Å². The van der Waals surface area contributed by atoms with Crippen LogP contribution in [0.2, 0.25) is 0 Å². The Hall–Kier alpha value is -3.60. The van der Waals surface area contributed by atoms with Gasteiger partial charge >= 0.3 is 0 Å². The second kappa shape index (κ2) is 8.50. The van der Waals surface area contributed by atoms with E-state index in [4.69, 9.17) is 10.4 Å². The lowest BCUT2D eigenvalue weighted by atomic mass is 10.0. The van der Waals surface area contributed by atoms with Crippen LogP contribution in [0.4, 0.5) is 5.82 Å². The van der Waals surface area contributed by atoms with Crippen LogP contribution in [0.1, 0.15) is 59.9 Å². The number of fused-ring (bicyclic) bond motifs is 1. The lowest BCUT2D eigenvalue weighted by Crippen LogP contribution is -2.38. The molecule has 2 aliphatic rings. The summed E-state index contributed by atoms with van der Waals surface area (Å²) in [7, 11) is 0. The highest BCUT2D eigenvalue weighted by Gasteiger charge is 2.28. The number of benzene rings is 1. The van der Waals surface area contributed by atoms with Gasteiger partial charge < -0.3 is 5.73 Å². The SMILES string of the molecule is CC1CCCCN1Cc1c(C(=O)N/N=C2/CCc3ccccc32)nnn1-c1nonc1N. The summed E-state index contributed by atoms with van der Waals surface area (Å²) in [5, 5.41) is 20.1. The van der Waals surface area contributed by atoms with Crippen LogP contribution in [0.15, 0.2) is 34.0 Å². The summed E-state index contributed by atoms with van der Waals surface area (Å²) in [6.07, 6.45) is 5.10. The molecule has 11 heteroatoms. The van der Waals surface area contributed by atoms with Crippen LogP contribution in [-0.4, -0.2) is 54.4 Å². The molecule has 3 aromatic rings. The quantitative estimate of drug-likeness (QED) is 0.577. The number of anilines is 1. The zero-order valence-corrected chi connectivity index (χ0v) is 17.9. The number of nitrogens with one attached hydrogen (secondary N) is 1. The van der Waals surface area contributed by atoms with E-state index in [1.54, 1.807) is 0 Å². The van der Waals surface area contributed by atoms with Gasteiger partial charge in [-0.15, -0.1) is 5.10 Å². The lowest BCUT2D eigenvalue weighted by molar-refractivity contribution is 0.0944.